The zero-order valence-electron chi connectivity index (χ0n) is 50.1. The van der Waals surface area contributed by atoms with Crippen LogP contribution in [0.2, 0.25) is 0 Å². The number of fused-ring (bicyclic) bond motifs is 13. The zero-order valence-corrected chi connectivity index (χ0v) is 50.1. The number of nitrogens with zero attached hydrogens (tertiary/aromatic N) is 3. The highest BCUT2D eigenvalue weighted by Crippen LogP contribution is 2.62. The molecule has 6 aliphatic rings. The highest BCUT2D eigenvalue weighted by molar-refractivity contribution is 7.00. The summed E-state index contributed by atoms with van der Waals surface area (Å²) in [7, 11) is 0. The average Bonchev–Trinajstić information content (AvgIpc) is 3.99. The summed E-state index contributed by atoms with van der Waals surface area (Å²) in [5.41, 5.74) is 29.7. The lowest BCUT2D eigenvalue weighted by atomic mass is 9.33. The van der Waals surface area contributed by atoms with E-state index in [1.165, 1.54) is 131 Å². The molecule has 80 heavy (non-hydrogen) atoms. The summed E-state index contributed by atoms with van der Waals surface area (Å²) >= 11 is 0. The van der Waals surface area contributed by atoms with Crippen LogP contribution < -0.4 is 31.1 Å². The average molecular weight is 1050 g/mol. The molecule has 8 aromatic carbocycles. The summed E-state index contributed by atoms with van der Waals surface area (Å²) < 4.78 is 6.57. The molecule has 2 unspecified atom stereocenters. The third-order valence-electron chi connectivity index (χ3n) is 21.7. The molecular weight excluding hydrogens is 970 g/mol. The van der Waals surface area contributed by atoms with Crippen LogP contribution in [0.25, 0.3) is 21.9 Å². The Kier molecular flexibility index (Phi) is 9.96. The number of anilines is 8. The van der Waals surface area contributed by atoms with E-state index >= 15 is 0 Å². The van der Waals surface area contributed by atoms with Gasteiger partial charge in [0.15, 0.2) is 0 Å². The molecule has 1 fully saturated rings. The first-order valence-electron chi connectivity index (χ1n) is 30.0. The minimum atomic E-state index is -0.231. The highest BCUT2D eigenvalue weighted by atomic mass is 16.3. The van der Waals surface area contributed by atoms with E-state index in [2.05, 4.69) is 258 Å². The molecule has 0 amide bonds. The van der Waals surface area contributed by atoms with Gasteiger partial charge in [-0.2, -0.15) is 0 Å². The van der Waals surface area contributed by atoms with Crippen LogP contribution in [0.15, 0.2) is 144 Å². The van der Waals surface area contributed by atoms with Crippen LogP contribution in [-0.2, 0) is 32.5 Å². The van der Waals surface area contributed by atoms with Crippen molar-refractivity contribution in [3.05, 3.63) is 195 Å². The number of aryl methyl sites for hydroxylation is 2. The van der Waals surface area contributed by atoms with Gasteiger partial charge in [0.2, 0.25) is 0 Å². The summed E-state index contributed by atoms with van der Waals surface area (Å²) in [6.45, 7) is 36.6. The van der Waals surface area contributed by atoms with Gasteiger partial charge >= 0.3 is 0 Å². The quantitative estimate of drug-likeness (QED) is 0.165. The van der Waals surface area contributed by atoms with Gasteiger partial charge in [0.25, 0.3) is 6.71 Å². The van der Waals surface area contributed by atoms with Gasteiger partial charge in [0.1, 0.15) is 11.2 Å². The molecule has 0 radical (unpaired) electrons. The van der Waals surface area contributed by atoms with E-state index in [0.717, 1.165) is 40.5 Å². The molecule has 2 atom stereocenters. The van der Waals surface area contributed by atoms with Gasteiger partial charge in [0.05, 0.1) is 5.54 Å². The SMILES string of the molecule is Cc1cc2c3c(c1)N(c1cc4c(cc1C)C(C)(C)CC4(C)C)c1cc4c(cc1B3c1ccc(N3c5ccc(C(C)(C)C)cc5C5(C)CCCCC35C)cc1N2c1ccc2oc3ccccc3c2c1)C(C)(C)c1ccccc1C4(C)C. The van der Waals surface area contributed by atoms with E-state index in [-0.39, 0.29) is 44.7 Å². The Hall–Kier alpha value is -6.98. The monoisotopic (exact) mass is 1050 g/mol. The second kappa shape index (κ2) is 15.9. The molecule has 0 saturated heterocycles. The minimum Gasteiger partial charge on any atom is -0.456 e. The van der Waals surface area contributed by atoms with Crippen LogP contribution in [0.3, 0.4) is 0 Å². The molecule has 4 heterocycles. The standard InChI is InChI=1S/C75H78BN3O/c1-44-34-64-68-65(35-44)78(61-41-54-53(36-45(61)2)70(6,7)43-71(54,8)9)63-42-56-55(72(10,11)51-23-17-18-24-52(51)73(56,12)13)40-59(63)76(68)58-29-27-48(39-62(58)77(64)47-28-31-67-50(38-47)49-22-16-19-25-66(49)80-67)79-60-30-26-46(69(3,4)5)37-57(60)74(14)32-20-21-33-75(74,79)15/h16-19,22-31,34-42H,20-21,32-33,43H2,1-15H3. The number of rotatable bonds is 3. The van der Waals surface area contributed by atoms with Gasteiger partial charge in [-0.25, -0.2) is 0 Å². The summed E-state index contributed by atoms with van der Waals surface area (Å²) in [5, 5.41) is 2.28. The van der Waals surface area contributed by atoms with Gasteiger partial charge in [-0.1, -0.05) is 169 Å². The fourth-order valence-corrected chi connectivity index (χ4v) is 17.5. The smallest absolute Gasteiger partial charge is 0.252 e. The number of furan rings is 1. The van der Waals surface area contributed by atoms with Crippen molar-refractivity contribution in [1.82, 2.24) is 0 Å². The Morgan fingerprint density at radius 2 is 1.07 bits per heavy atom. The second-order valence-corrected chi connectivity index (χ2v) is 29.4. The van der Waals surface area contributed by atoms with Crippen molar-refractivity contribution in [2.24, 2.45) is 0 Å². The molecule has 0 N–H and O–H groups in total. The van der Waals surface area contributed by atoms with Gasteiger partial charge in [-0.15, -0.1) is 0 Å². The van der Waals surface area contributed by atoms with Crippen LogP contribution in [0, 0.1) is 13.8 Å². The third-order valence-corrected chi connectivity index (χ3v) is 21.7. The Labute approximate surface area is 476 Å². The van der Waals surface area contributed by atoms with E-state index in [1.54, 1.807) is 0 Å². The lowest BCUT2D eigenvalue weighted by Crippen LogP contribution is -2.62. The molecule has 1 aromatic heterocycles. The number of hydrogen-bond donors (Lipinski definition) is 0. The second-order valence-electron chi connectivity index (χ2n) is 29.4. The topological polar surface area (TPSA) is 22.9 Å². The van der Waals surface area contributed by atoms with Crippen molar-refractivity contribution in [2.45, 2.75) is 174 Å². The van der Waals surface area contributed by atoms with Gasteiger partial charge in [-0.05, 0) is 195 Å². The summed E-state index contributed by atoms with van der Waals surface area (Å²) in [6, 6.07) is 55.5. The Morgan fingerprint density at radius 3 is 1.80 bits per heavy atom. The highest BCUT2D eigenvalue weighted by Gasteiger charge is 2.58. The fourth-order valence-electron chi connectivity index (χ4n) is 17.5. The molecular formula is C75H78BN3O. The largest absolute Gasteiger partial charge is 0.456 e. The predicted molar refractivity (Wildman–Crippen MR) is 340 cm³/mol. The lowest BCUT2D eigenvalue weighted by Gasteiger charge is -2.51. The number of para-hydroxylation sites is 1. The fraction of sp³-hybridized carbons (Fsp3) is 0.360. The first-order valence-corrected chi connectivity index (χ1v) is 30.0. The maximum atomic E-state index is 6.57. The van der Waals surface area contributed by atoms with Crippen LogP contribution in [0.5, 0.6) is 0 Å². The molecule has 15 rings (SSSR count). The van der Waals surface area contributed by atoms with Crippen molar-refractivity contribution < 1.29 is 4.42 Å². The van der Waals surface area contributed by atoms with E-state index in [0.29, 0.717) is 0 Å². The van der Waals surface area contributed by atoms with E-state index in [4.69, 9.17) is 4.42 Å². The normalized spacial score (nSPS) is 22.1. The number of benzene rings is 8. The Balaban J connectivity index is 1.04. The third kappa shape index (κ3) is 6.47. The molecule has 3 aliphatic heterocycles. The van der Waals surface area contributed by atoms with E-state index < -0.39 is 0 Å². The maximum Gasteiger partial charge on any atom is 0.252 e. The van der Waals surface area contributed by atoms with Crippen molar-refractivity contribution >= 4 is 90.5 Å². The molecule has 3 aliphatic carbocycles. The van der Waals surface area contributed by atoms with Crippen LogP contribution in [0.1, 0.15) is 178 Å². The molecule has 5 heteroatoms. The zero-order chi connectivity index (χ0) is 55.7. The van der Waals surface area contributed by atoms with Crippen molar-refractivity contribution in [3.63, 3.8) is 0 Å². The van der Waals surface area contributed by atoms with Crippen LogP contribution >= 0.6 is 0 Å². The van der Waals surface area contributed by atoms with Gasteiger partial charge < -0.3 is 19.1 Å². The maximum absolute atomic E-state index is 6.57. The van der Waals surface area contributed by atoms with Crippen molar-refractivity contribution in [2.75, 3.05) is 14.7 Å². The van der Waals surface area contributed by atoms with Crippen molar-refractivity contribution in [1.29, 1.82) is 0 Å². The van der Waals surface area contributed by atoms with Crippen LogP contribution in [0.4, 0.5) is 45.5 Å². The van der Waals surface area contributed by atoms with E-state index in [9.17, 15) is 0 Å². The Bertz CT molecular complexity index is 4200. The van der Waals surface area contributed by atoms with Crippen LogP contribution in [-0.4, -0.2) is 12.3 Å². The summed E-state index contributed by atoms with van der Waals surface area (Å²) in [6.07, 6.45) is 5.92. The molecule has 0 spiro atoms. The van der Waals surface area contributed by atoms with Crippen molar-refractivity contribution in [3.8, 4) is 0 Å². The summed E-state index contributed by atoms with van der Waals surface area (Å²) in [4.78, 5) is 8.17. The molecule has 402 valence electrons. The number of hydrogen-bond acceptors (Lipinski definition) is 4. The van der Waals surface area contributed by atoms with E-state index in [1.807, 2.05) is 0 Å². The summed E-state index contributed by atoms with van der Waals surface area (Å²) in [5.74, 6) is 0. The first-order chi connectivity index (χ1) is 37.8. The van der Waals surface area contributed by atoms with Gasteiger partial charge in [-0.3, -0.25) is 0 Å². The molecule has 0 bridgehead atoms. The minimum absolute atomic E-state index is 0.00582. The molecule has 1 saturated carbocycles. The lowest BCUT2D eigenvalue weighted by molar-refractivity contribution is 0.195. The Morgan fingerprint density at radius 1 is 0.463 bits per heavy atom. The molecule has 4 nitrogen and oxygen atoms in total. The first kappa shape index (κ1) is 50.0. The predicted octanol–water partition coefficient (Wildman–Crippen LogP) is 18.2. The van der Waals surface area contributed by atoms with Gasteiger partial charge in [0, 0.05) is 72.5 Å². The molecule has 9 aromatic rings.